The predicted molar refractivity (Wildman–Crippen MR) is 129 cm³/mol. The van der Waals surface area contributed by atoms with Crippen molar-refractivity contribution in [2.24, 2.45) is 5.41 Å². The molecule has 1 aliphatic carbocycles. The number of nitrogens with one attached hydrogen (secondary N) is 1. The van der Waals surface area contributed by atoms with Crippen molar-refractivity contribution in [3.63, 3.8) is 0 Å². The third-order valence-corrected chi connectivity index (χ3v) is 8.58. The first kappa shape index (κ1) is 23.4. The second-order valence-electron chi connectivity index (χ2n) is 9.08. The minimum absolute atomic E-state index is 0.131. The number of halogens is 1. The Morgan fingerprint density at radius 3 is 2.37 bits per heavy atom. The van der Waals surface area contributed by atoms with Crippen molar-refractivity contribution in [3.05, 3.63) is 66.1 Å². The summed E-state index contributed by atoms with van der Waals surface area (Å²) in [5.74, 6) is -1.12. The molecular formula is C25H25FN4O4S. The van der Waals surface area contributed by atoms with E-state index in [0.29, 0.717) is 24.0 Å². The van der Waals surface area contributed by atoms with Crippen LogP contribution in [0.4, 0.5) is 10.1 Å². The number of carbonyl (C=O) groups is 2. The molecule has 3 aromatic rings. The molecule has 35 heavy (non-hydrogen) atoms. The van der Waals surface area contributed by atoms with Crippen LogP contribution in [-0.2, 0) is 19.6 Å². The van der Waals surface area contributed by atoms with Gasteiger partial charge in [0.2, 0.25) is 21.8 Å². The van der Waals surface area contributed by atoms with E-state index in [1.807, 2.05) is 19.1 Å². The lowest BCUT2D eigenvalue weighted by molar-refractivity contribution is -0.143. The first-order valence-electron chi connectivity index (χ1n) is 11.4. The second kappa shape index (κ2) is 8.69. The molecule has 5 rings (SSSR count). The van der Waals surface area contributed by atoms with Crippen molar-refractivity contribution in [2.45, 2.75) is 24.7 Å². The lowest BCUT2D eigenvalue weighted by atomic mass is 10.0. The number of amides is 2. The third-order valence-electron chi connectivity index (χ3n) is 6.65. The van der Waals surface area contributed by atoms with Gasteiger partial charge >= 0.3 is 0 Å². The Morgan fingerprint density at radius 1 is 1.03 bits per heavy atom. The van der Waals surface area contributed by atoms with Gasteiger partial charge in [-0.2, -0.15) is 4.31 Å². The van der Waals surface area contributed by atoms with E-state index in [1.54, 1.807) is 23.2 Å². The molecule has 1 N–H and O–H groups in total. The highest BCUT2D eigenvalue weighted by atomic mass is 32.2. The molecule has 2 aliphatic rings. The first-order chi connectivity index (χ1) is 16.7. The van der Waals surface area contributed by atoms with Crippen LogP contribution in [0.15, 0.2) is 59.6 Å². The summed E-state index contributed by atoms with van der Waals surface area (Å²) in [5.41, 5.74) is 0.639. The van der Waals surface area contributed by atoms with Gasteiger partial charge in [-0.15, -0.1) is 0 Å². The summed E-state index contributed by atoms with van der Waals surface area (Å²) >= 11 is 0. The number of anilines is 1. The zero-order chi connectivity index (χ0) is 24.8. The van der Waals surface area contributed by atoms with Crippen LogP contribution in [0.1, 0.15) is 18.4 Å². The van der Waals surface area contributed by atoms with Crippen LogP contribution < -0.4 is 5.32 Å². The molecule has 2 aromatic carbocycles. The molecule has 0 atom stereocenters. The Balaban J connectivity index is 1.27. The number of nitrogens with zero attached hydrogens (tertiary/aromatic N) is 3. The molecule has 2 fully saturated rings. The van der Waals surface area contributed by atoms with E-state index in [-0.39, 0.29) is 37.0 Å². The van der Waals surface area contributed by atoms with Crippen molar-refractivity contribution in [3.8, 4) is 0 Å². The van der Waals surface area contributed by atoms with E-state index >= 15 is 0 Å². The van der Waals surface area contributed by atoms with Crippen LogP contribution in [-0.4, -0.2) is 60.6 Å². The molecule has 1 aromatic heterocycles. The van der Waals surface area contributed by atoms with Crippen molar-refractivity contribution in [2.75, 3.05) is 31.5 Å². The number of rotatable bonds is 5. The molecule has 0 radical (unpaired) electrons. The number of benzene rings is 2. The van der Waals surface area contributed by atoms with Crippen LogP contribution in [0.5, 0.6) is 0 Å². The van der Waals surface area contributed by atoms with Gasteiger partial charge in [0.1, 0.15) is 16.1 Å². The highest BCUT2D eigenvalue weighted by molar-refractivity contribution is 7.89. The third kappa shape index (κ3) is 4.28. The lowest BCUT2D eigenvalue weighted by Crippen LogP contribution is -2.53. The standard InChI is InChI=1S/C25H25FN4O4S/c1-17-15-18-3-2-4-21(22(18)27-16-17)35(33,34)30-13-11-29(12-14-30)24(32)25(9-10-25)23(31)28-20-7-5-19(26)6-8-20/h2-8,15-16H,9-14H2,1H3,(H,28,31). The van der Waals surface area contributed by atoms with Crippen molar-refractivity contribution >= 4 is 38.4 Å². The van der Waals surface area contributed by atoms with E-state index in [9.17, 15) is 22.4 Å². The first-order valence-corrected chi connectivity index (χ1v) is 12.9. The number of aryl methyl sites for hydroxylation is 1. The predicted octanol–water partition coefficient (Wildman–Crippen LogP) is 2.93. The molecule has 2 heterocycles. The monoisotopic (exact) mass is 496 g/mol. The Hall–Kier alpha value is -3.37. The lowest BCUT2D eigenvalue weighted by Gasteiger charge is -2.35. The Labute approximate surface area is 202 Å². The van der Waals surface area contributed by atoms with E-state index in [2.05, 4.69) is 10.3 Å². The quantitative estimate of drug-likeness (QED) is 0.548. The highest BCUT2D eigenvalue weighted by Crippen LogP contribution is 2.48. The largest absolute Gasteiger partial charge is 0.339 e. The second-order valence-corrected chi connectivity index (χ2v) is 11.0. The van der Waals surface area contributed by atoms with Crippen LogP contribution in [0.2, 0.25) is 0 Å². The fraction of sp³-hybridized carbons (Fsp3) is 0.320. The minimum atomic E-state index is -3.81. The van der Waals surface area contributed by atoms with Gasteiger partial charge in [0.25, 0.3) is 0 Å². The van der Waals surface area contributed by atoms with Gasteiger partial charge in [0, 0.05) is 43.4 Å². The Kier molecular flexibility index (Phi) is 5.80. The van der Waals surface area contributed by atoms with Crippen molar-refractivity contribution < 1.29 is 22.4 Å². The zero-order valence-corrected chi connectivity index (χ0v) is 20.0. The number of carbonyl (C=O) groups excluding carboxylic acids is 2. The maximum Gasteiger partial charge on any atom is 0.245 e. The summed E-state index contributed by atoms with van der Waals surface area (Å²) in [6.45, 7) is 2.55. The molecule has 10 heteroatoms. The number of sulfonamides is 1. The van der Waals surface area contributed by atoms with Gasteiger partial charge < -0.3 is 10.2 Å². The number of aromatic nitrogens is 1. The highest BCUT2D eigenvalue weighted by Gasteiger charge is 2.58. The van der Waals surface area contributed by atoms with Gasteiger partial charge in [-0.25, -0.2) is 12.8 Å². The molecular weight excluding hydrogens is 471 g/mol. The molecule has 1 saturated heterocycles. The fourth-order valence-electron chi connectivity index (χ4n) is 4.47. The van der Waals surface area contributed by atoms with Crippen molar-refractivity contribution in [1.29, 1.82) is 0 Å². The van der Waals surface area contributed by atoms with E-state index in [1.165, 1.54) is 28.6 Å². The number of hydrogen-bond donors (Lipinski definition) is 1. The van der Waals surface area contributed by atoms with Gasteiger partial charge in [-0.3, -0.25) is 14.6 Å². The molecule has 182 valence electrons. The van der Waals surface area contributed by atoms with Crippen LogP contribution in [0.3, 0.4) is 0 Å². The van der Waals surface area contributed by atoms with Gasteiger partial charge in [-0.1, -0.05) is 12.1 Å². The van der Waals surface area contributed by atoms with Crippen molar-refractivity contribution in [1.82, 2.24) is 14.2 Å². The maximum absolute atomic E-state index is 13.4. The Bertz CT molecular complexity index is 1410. The number of pyridine rings is 1. The number of fused-ring (bicyclic) bond motifs is 1. The van der Waals surface area contributed by atoms with E-state index < -0.39 is 27.2 Å². The van der Waals surface area contributed by atoms with E-state index in [0.717, 1.165) is 10.9 Å². The SMILES string of the molecule is Cc1cnc2c(S(=O)(=O)N3CCN(C(=O)C4(C(=O)Nc5ccc(F)cc5)CC4)CC3)cccc2c1. The normalized spacial score (nSPS) is 17.8. The average Bonchev–Trinajstić information content (AvgIpc) is 3.67. The zero-order valence-electron chi connectivity index (χ0n) is 19.2. The molecule has 0 spiro atoms. The van der Waals surface area contributed by atoms with Gasteiger partial charge in [0.05, 0.1) is 5.52 Å². The summed E-state index contributed by atoms with van der Waals surface area (Å²) in [6, 6.07) is 12.3. The molecule has 0 bridgehead atoms. The Morgan fingerprint density at radius 2 is 1.71 bits per heavy atom. The minimum Gasteiger partial charge on any atom is -0.339 e. The van der Waals surface area contributed by atoms with Crippen LogP contribution in [0.25, 0.3) is 10.9 Å². The fourth-order valence-corrected chi connectivity index (χ4v) is 6.06. The van der Waals surface area contributed by atoms with Gasteiger partial charge in [-0.05, 0) is 61.7 Å². The molecule has 8 nitrogen and oxygen atoms in total. The van der Waals surface area contributed by atoms with E-state index in [4.69, 9.17) is 0 Å². The molecule has 2 amide bonds. The smallest absolute Gasteiger partial charge is 0.245 e. The average molecular weight is 497 g/mol. The van der Waals surface area contributed by atoms with Gasteiger partial charge in [0.15, 0.2) is 0 Å². The summed E-state index contributed by atoms with van der Waals surface area (Å²) in [7, 11) is -3.81. The molecule has 1 saturated carbocycles. The topological polar surface area (TPSA) is 99.7 Å². The number of hydrogen-bond acceptors (Lipinski definition) is 5. The molecule has 1 aliphatic heterocycles. The number of piperazine rings is 1. The number of para-hydroxylation sites is 1. The van der Waals surface area contributed by atoms with Crippen LogP contribution in [0, 0.1) is 18.2 Å². The maximum atomic E-state index is 13.4. The summed E-state index contributed by atoms with van der Waals surface area (Å²) in [5, 5.41) is 3.45. The molecule has 0 unspecified atom stereocenters. The summed E-state index contributed by atoms with van der Waals surface area (Å²) < 4.78 is 41.3. The van der Waals surface area contributed by atoms with Crippen LogP contribution >= 0.6 is 0 Å². The summed E-state index contributed by atoms with van der Waals surface area (Å²) in [4.78, 5) is 32.1. The summed E-state index contributed by atoms with van der Waals surface area (Å²) in [6.07, 6.45) is 2.50.